The van der Waals surface area contributed by atoms with Crippen molar-refractivity contribution in [1.29, 1.82) is 0 Å². The number of pyridine rings is 1. The number of nitrogens with zero attached hydrogens (tertiary/aromatic N) is 1. The van der Waals surface area contributed by atoms with E-state index in [0.29, 0.717) is 23.2 Å². The third-order valence-corrected chi connectivity index (χ3v) is 5.68. The molecule has 0 radical (unpaired) electrons. The molecule has 1 aliphatic carbocycles. The summed E-state index contributed by atoms with van der Waals surface area (Å²) >= 11 is 6.01. The van der Waals surface area contributed by atoms with Crippen LogP contribution in [-0.4, -0.2) is 33.8 Å². The van der Waals surface area contributed by atoms with Gasteiger partial charge in [0.1, 0.15) is 5.75 Å². The van der Waals surface area contributed by atoms with Crippen molar-refractivity contribution >= 4 is 42.4 Å². The Morgan fingerprint density at radius 2 is 1.97 bits per heavy atom. The predicted molar refractivity (Wildman–Crippen MR) is 132 cm³/mol. The molecule has 1 heterocycles. The van der Waals surface area contributed by atoms with Gasteiger partial charge in [0.2, 0.25) is 5.88 Å². The summed E-state index contributed by atoms with van der Waals surface area (Å²) in [6, 6.07) is 16.5. The largest absolute Gasteiger partial charge is 0.478 e. The Balaban J connectivity index is 0.00000193. The topological polar surface area (TPSA) is 91.7 Å². The zero-order valence-electron chi connectivity index (χ0n) is 17.6. The lowest BCUT2D eigenvalue weighted by Crippen LogP contribution is -2.37. The number of hydrogen-bond acceptors (Lipinski definition) is 5. The van der Waals surface area contributed by atoms with Gasteiger partial charge in [0, 0.05) is 29.9 Å². The van der Waals surface area contributed by atoms with Gasteiger partial charge in [-0.3, -0.25) is 0 Å². The first-order valence-corrected chi connectivity index (χ1v) is 10.5. The fourth-order valence-corrected chi connectivity index (χ4v) is 3.97. The minimum absolute atomic E-state index is 0. The predicted octanol–water partition coefficient (Wildman–Crippen LogP) is 5.25. The van der Waals surface area contributed by atoms with Crippen molar-refractivity contribution in [3.05, 3.63) is 88.1 Å². The molecule has 3 N–H and O–H groups in total. The van der Waals surface area contributed by atoms with Crippen LogP contribution in [0.2, 0.25) is 5.02 Å². The number of rotatable bonds is 7. The number of benzene rings is 2. The first-order valence-electron chi connectivity index (χ1n) is 10.1. The van der Waals surface area contributed by atoms with Gasteiger partial charge in [-0.1, -0.05) is 29.8 Å². The van der Waals surface area contributed by atoms with Crippen LogP contribution >= 0.6 is 36.4 Å². The number of aryl methyl sites for hydroxylation is 1. The monoisotopic (exact) mass is 510 g/mol. The molecule has 176 valence electrons. The summed E-state index contributed by atoms with van der Waals surface area (Å²) in [4.78, 5) is 15.0. The number of nitrogens with one attached hydrogen (secondary N) is 1. The molecule has 6 nitrogen and oxygen atoms in total. The Bertz CT molecular complexity index is 1080. The number of halogens is 3. The van der Waals surface area contributed by atoms with E-state index in [1.54, 1.807) is 18.2 Å². The fourth-order valence-electron chi connectivity index (χ4n) is 3.77. The number of fused-ring (bicyclic) bond motifs is 1. The van der Waals surface area contributed by atoms with E-state index in [0.717, 1.165) is 24.8 Å². The van der Waals surface area contributed by atoms with Crippen LogP contribution in [0.5, 0.6) is 11.6 Å². The number of carboxylic acids is 1. The standard InChI is InChI=1S/C24H23ClN2O4.2ClH/c25-19-3-1-2-16(10-19)22(28)14-26-20-7-4-15-5-8-21(12-18(15)11-20)31-23-9-6-17(13-27-23)24(29)30;;/h1-3,5-6,8-10,12-13,20,22,26,28H,4,7,11,14H2,(H,29,30);2*1H/t20-,22-;;/m0../s1. The molecule has 0 bridgehead atoms. The van der Waals surface area contributed by atoms with Gasteiger partial charge in [-0.05, 0) is 66.3 Å². The minimum atomic E-state index is -1.02. The second-order valence-corrected chi connectivity index (χ2v) is 8.08. The first-order chi connectivity index (χ1) is 15.0. The SMILES string of the molecule is Cl.Cl.O=C(O)c1ccc(Oc2ccc3c(c2)C[C@@H](NC[C@H](O)c2cccc(Cl)c2)CC3)nc1. The van der Waals surface area contributed by atoms with Crippen LogP contribution in [0.3, 0.4) is 0 Å². The molecule has 0 fully saturated rings. The molecule has 4 rings (SSSR count). The third-order valence-electron chi connectivity index (χ3n) is 5.45. The maximum atomic E-state index is 10.9. The van der Waals surface area contributed by atoms with Crippen LogP contribution in [0.25, 0.3) is 0 Å². The van der Waals surface area contributed by atoms with Crippen molar-refractivity contribution in [1.82, 2.24) is 10.3 Å². The lowest BCUT2D eigenvalue weighted by Gasteiger charge is -2.27. The van der Waals surface area contributed by atoms with Crippen molar-refractivity contribution < 1.29 is 19.7 Å². The summed E-state index contributed by atoms with van der Waals surface area (Å²) in [5, 5.41) is 23.5. The number of aromatic nitrogens is 1. The summed E-state index contributed by atoms with van der Waals surface area (Å²) in [7, 11) is 0. The normalized spacial score (nSPS) is 15.4. The molecule has 0 aliphatic heterocycles. The molecule has 33 heavy (non-hydrogen) atoms. The minimum Gasteiger partial charge on any atom is -0.478 e. The van der Waals surface area contributed by atoms with Crippen LogP contribution in [-0.2, 0) is 12.8 Å². The summed E-state index contributed by atoms with van der Waals surface area (Å²) in [6.45, 7) is 0.455. The van der Waals surface area contributed by atoms with E-state index < -0.39 is 12.1 Å². The summed E-state index contributed by atoms with van der Waals surface area (Å²) < 4.78 is 5.80. The van der Waals surface area contributed by atoms with Crippen molar-refractivity contribution in [3.8, 4) is 11.6 Å². The second-order valence-electron chi connectivity index (χ2n) is 7.64. The fraction of sp³-hybridized carbons (Fsp3) is 0.250. The molecule has 2 aromatic carbocycles. The van der Waals surface area contributed by atoms with E-state index in [4.69, 9.17) is 21.4 Å². The Kier molecular flexibility index (Phi) is 9.95. The smallest absolute Gasteiger partial charge is 0.337 e. The lowest BCUT2D eigenvalue weighted by atomic mass is 9.88. The van der Waals surface area contributed by atoms with E-state index in [1.807, 2.05) is 24.3 Å². The Labute approximate surface area is 209 Å². The summed E-state index contributed by atoms with van der Waals surface area (Å²) in [5.41, 5.74) is 3.40. The number of aliphatic hydroxyl groups excluding tert-OH is 1. The molecule has 0 amide bonds. The number of carbonyl (C=O) groups is 1. The van der Waals surface area contributed by atoms with Crippen molar-refractivity contribution in [2.24, 2.45) is 0 Å². The zero-order chi connectivity index (χ0) is 21.8. The zero-order valence-corrected chi connectivity index (χ0v) is 20.0. The molecule has 0 spiro atoms. The Morgan fingerprint density at radius 1 is 1.15 bits per heavy atom. The number of aromatic carboxylic acids is 1. The van der Waals surface area contributed by atoms with Gasteiger partial charge in [-0.15, -0.1) is 24.8 Å². The Morgan fingerprint density at radius 3 is 2.67 bits per heavy atom. The number of hydrogen-bond donors (Lipinski definition) is 3. The number of carboxylic acid groups (broad SMARTS) is 1. The molecule has 0 unspecified atom stereocenters. The molecule has 9 heteroatoms. The molecule has 0 saturated carbocycles. The highest BCUT2D eigenvalue weighted by atomic mass is 35.5. The van der Waals surface area contributed by atoms with Crippen molar-refractivity contribution in [2.75, 3.05) is 6.54 Å². The highest BCUT2D eigenvalue weighted by Crippen LogP contribution is 2.28. The van der Waals surface area contributed by atoms with E-state index in [-0.39, 0.29) is 36.4 Å². The average Bonchev–Trinajstić information content (AvgIpc) is 2.77. The molecule has 2 atom stereocenters. The number of ether oxygens (including phenoxy) is 1. The molecule has 3 aromatic rings. The molecular weight excluding hydrogens is 487 g/mol. The van der Waals surface area contributed by atoms with Crippen LogP contribution in [0.15, 0.2) is 60.8 Å². The molecule has 1 aromatic heterocycles. The lowest BCUT2D eigenvalue weighted by molar-refractivity contribution is 0.0696. The highest BCUT2D eigenvalue weighted by Gasteiger charge is 2.20. The van der Waals surface area contributed by atoms with Crippen LogP contribution in [0.4, 0.5) is 0 Å². The molecular formula is C24H25Cl3N2O4. The number of aliphatic hydroxyl groups is 1. The second kappa shape index (κ2) is 12.2. The van der Waals surface area contributed by atoms with Crippen molar-refractivity contribution in [2.45, 2.75) is 31.4 Å². The summed E-state index contributed by atoms with van der Waals surface area (Å²) in [5.74, 6) is -0.0131. The third kappa shape index (κ3) is 7.06. The van der Waals surface area contributed by atoms with Gasteiger partial charge in [0.25, 0.3) is 0 Å². The van der Waals surface area contributed by atoms with Gasteiger partial charge in [-0.2, -0.15) is 0 Å². The van der Waals surface area contributed by atoms with Crippen LogP contribution in [0.1, 0.15) is 39.6 Å². The summed E-state index contributed by atoms with van der Waals surface area (Å²) in [6.07, 6.45) is 3.44. The van der Waals surface area contributed by atoms with E-state index in [2.05, 4.69) is 16.4 Å². The maximum Gasteiger partial charge on any atom is 0.337 e. The van der Waals surface area contributed by atoms with Gasteiger partial charge >= 0.3 is 5.97 Å². The molecule has 1 aliphatic rings. The van der Waals surface area contributed by atoms with E-state index >= 15 is 0 Å². The maximum absolute atomic E-state index is 10.9. The van der Waals surface area contributed by atoms with Crippen molar-refractivity contribution in [3.63, 3.8) is 0 Å². The first kappa shape index (κ1) is 26.9. The van der Waals surface area contributed by atoms with Crippen LogP contribution < -0.4 is 10.1 Å². The Hall–Kier alpha value is -2.35. The molecule has 0 saturated heterocycles. The van der Waals surface area contributed by atoms with Gasteiger partial charge in [-0.25, -0.2) is 9.78 Å². The van der Waals surface area contributed by atoms with E-state index in [1.165, 1.54) is 23.4 Å². The average molecular weight is 512 g/mol. The van der Waals surface area contributed by atoms with Gasteiger partial charge < -0.3 is 20.3 Å². The van der Waals surface area contributed by atoms with E-state index in [9.17, 15) is 9.90 Å². The van der Waals surface area contributed by atoms with Gasteiger partial charge in [0.15, 0.2) is 0 Å². The quantitative estimate of drug-likeness (QED) is 0.401. The van der Waals surface area contributed by atoms with Gasteiger partial charge in [0.05, 0.1) is 11.7 Å². The van der Waals surface area contributed by atoms with Crippen LogP contribution in [0, 0.1) is 0 Å². The highest BCUT2D eigenvalue weighted by molar-refractivity contribution is 6.30.